The van der Waals surface area contributed by atoms with Gasteiger partial charge in [0.25, 0.3) is 0 Å². The average molecular weight is 304 g/mol. The SMILES string of the molecule is C[C@H]1CNCCc2c1ccc(O)c2Cc1ccccc1.Cl. The number of aromatic hydroxyl groups is 1. The summed E-state index contributed by atoms with van der Waals surface area (Å²) in [5.74, 6) is 0.935. The van der Waals surface area contributed by atoms with Crippen LogP contribution in [0.2, 0.25) is 0 Å². The zero-order chi connectivity index (χ0) is 13.9. The highest BCUT2D eigenvalue weighted by molar-refractivity contribution is 5.85. The van der Waals surface area contributed by atoms with E-state index >= 15 is 0 Å². The van der Waals surface area contributed by atoms with Crippen LogP contribution >= 0.6 is 12.4 Å². The molecule has 0 amide bonds. The molecule has 2 nitrogen and oxygen atoms in total. The average Bonchev–Trinajstić information content (AvgIpc) is 2.65. The van der Waals surface area contributed by atoms with Crippen LogP contribution in [-0.2, 0) is 12.8 Å². The van der Waals surface area contributed by atoms with Crippen LogP contribution in [-0.4, -0.2) is 18.2 Å². The van der Waals surface area contributed by atoms with Gasteiger partial charge in [-0.05, 0) is 41.6 Å². The Morgan fingerprint density at radius 2 is 1.90 bits per heavy atom. The van der Waals surface area contributed by atoms with E-state index in [1.807, 2.05) is 12.1 Å². The first-order valence-electron chi connectivity index (χ1n) is 7.34. The lowest BCUT2D eigenvalue weighted by molar-refractivity contribution is 0.468. The lowest BCUT2D eigenvalue weighted by Crippen LogP contribution is -2.18. The van der Waals surface area contributed by atoms with E-state index in [0.717, 1.165) is 31.5 Å². The van der Waals surface area contributed by atoms with Crippen LogP contribution in [0.25, 0.3) is 0 Å². The standard InChI is InChI=1S/C18H21NO.ClH/c1-13-12-19-10-9-16-15(13)7-8-18(20)17(16)11-14-5-3-2-4-6-14;/h2-8,13,19-20H,9-12H2,1H3;1H/t13-;/m0./s1. The molecule has 1 aliphatic rings. The number of nitrogens with one attached hydrogen (secondary N) is 1. The summed E-state index contributed by atoms with van der Waals surface area (Å²) in [4.78, 5) is 0. The molecule has 1 aliphatic heterocycles. The molecule has 0 radical (unpaired) electrons. The first kappa shape index (κ1) is 15.9. The number of phenolic OH excluding ortho intramolecular Hbond substituents is 1. The minimum atomic E-state index is 0. The zero-order valence-electron chi connectivity index (χ0n) is 12.3. The molecule has 0 aromatic heterocycles. The highest BCUT2D eigenvalue weighted by atomic mass is 35.5. The van der Waals surface area contributed by atoms with Gasteiger partial charge in [0, 0.05) is 18.5 Å². The van der Waals surface area contributed by atoms with Crippen LogP contribution in [0.5, 0.6) is 5.75 Å². The Kier molecular flexibility index (Phi) is 5.27. The van der Waals surface area contributed by atoms with Crippen molar-refractivity contribution in [3.63, 3.8) is 0 Å². The number of hydrogen-bond acceptors (Lipinski definition) is 2. The second-order valence-corrected chi connectivity index (χ2v) is 5.65. The summed E-state index contributed by atoms with van der Waals surface area (Å²) in [6.07, 6.45) is 1.80. The Hall–Kier alpha value is -1.51. The number of rotatable bonds is 2. The fourth-order valence-corrected chi connectivity index (χ4v) is 3.09. The molecule has 0 bridgehead atoms. The second-order valence-electron chi connectivity index (χ2n) is 5.65. The highest BCUT2D eigenvalue weighted by Crippen LogP contribution is 2.32. The normalized spacial score (nSPS) is 17.5. The second kappa shape index (κ2) is 6.97. The molecule has 2 aromatic carbocycles. The van der Waals surface area contributed by atoms with Crippen molar-refractivity contribution in [1.82, 2.24) is 5.32 Å². The summed E-state index contributed by atoms with van der Waals surface area (Å²) in [6.45, 7) is 4.26. The maximum atomic E-state index is 10.3. The molecule has 0 aliphatic carbocycles. The number of phenols is 1. The molecule has 0 spiro atoms. The lowest BCUT2D eigenvalue weighted by atomic mass is 9.88. The summed E-state index contributed by atoms with van der Waals surface area (Å²) in [6, 6.07) is 14.3. The van der Waals surface area contributed by atoms with Gasteiger partial charge in [0.15, 0.2) is 0 Å². The van der Waals surface area contributed by atoms with E-state index in [1.165, 1.54) is 16.7 Å². The predicted octanol–water partition coefficient (Wildman–Crippen LogP) is 3.65. The van der Waals surface area contributed by atoms with Crippen molar-refractivity contribution in [3.05, 3.63) is 64.7 Å². The summed E-state index contributed by atoms with van der Waals surface area (Å²) in [7, 11) is 0. The van der Waals surface area contributed by atoms with Gasteiger partial charge in [0.05, 0.1) is 0 Å². The molecular formula is C18H22ClNO. The van der Waals surface area contributed by atoms with Crippen molar-refractivity contribution in [3.8, 4) is 5.75 Å². The lowest BCUT2D eigenvalue weighted by Gasteiger charge is -2.17. The van der Waals surface area contributed by atoms with E-state index in [-0.39, 0.29) is 12.4 Å². The van der Waals surface area contributed by atoms with Gasteiger partial charge in [-0.25, -0.2) is 0 Å². The van der Waals surface area contributed by atoms with Gasteiger partial charge in [-0.15, -0.1) is 12.4 Å². The minimum Gasteiger partial charge on any atom is -0.508 e. The molecule has 3 heteroatoms. The number of benzene rings is 2. The Morgan fingerprint density at radius 3 is 2.67 bits per heavy atom. The maximum Gasteiger partial charge on any atom is 0.119 e. The molecule has 3 rings (SSSR count). The smallest absolute Gasteiger partial charge is 0.119 e. The molecule has 1 heterocycles. The monoisotopic (exact) mass is 303 g/mol. The Morgan fingerprint density at radius 1 is 1.14 bits per heavy atom. The van der Waals surface area contributed by atoms with Crippen molar-refractivity contribution in [2.75, 3.05) is 13.1 Å². The van der Waals surface area contributed by atoms with Gasteiger partial charge >= 0.3 is 0 Å². The van der Waals surface area contributed by atoms with E-state index in [2.05, 4.69) is 42.6 Å². The molecule has 21 heavy (non-hydrogen) atoms. The fraction of sp³-hybridized carbons (Fsp3) is 0.333. The van der Waals surface area contributed by atoms with Crippen LogP contribution in [0.1, 0.15) is 35.1 Å². The van der Waals surface area contributed by atoms with Gasteiger partial charge in [-0.1, -0.05) is 43.3 Å². The van der Waals surface area contributed by atoms with Crippen molar-refractivity contribution in [1.29, 1.82) is 0 Å². The van der Waals surface area contributed by atoms with Crippen molar-refractivity contribution >= 4 is 12.4 Å². The largest absolute Gasteiger partial charge is 0.508 e. The molecule has 112 valence electrons. The third kappa shape index (κ3) is 3.39. The Bertz CT molecular complexity index is 598. The van der Waals surface area contributed by atoms with Crippen molar-refractivity contribution in [2.45, 2.75) is 25.7 Å². The van der Waals surface area contributed by atoms with Crippen molar-refractivity contribution < 1.29 is 5.11 Å². The molecule has 0 saturated carbocycles. The van der Waals surface area contributed by atoms with Crippen LogP contribution in [0, 0.1) is 0 Å². The molecule has 0 unspecified atom stereocenters. The number of fused-ring (bicyclic) bond motifs is 1. The maximum absolute atomic E-state index is 10.3. The van der Waals surface area contributed by atoms with Gasteiger partial charge in [-0.2, -0.15) is 0 Å². The van der Waals surface area contributed by atoms with Gasteiger partial charge in [0.2, 0.25) is 0 Å². The Balaban J connectivity index is 0.00000161. The molecule has 2 aromatic rings. The third-order valence-electron chi connectivity index (χ3n) is 4.20. The molecular weight excluding hydrogens is 282 g/mol. The van der Waals surface area contributed by atoms with E-state index in [4.69, 9.17) is 0 Å². The summed E-state index contributed by atoms with van der Waals surface area (Å²) < 4.78 is 0. The van der Waals surface area contributed by atoms with Gasteiger partial charge < -0.3 is 10.4 Å². The zero-order valence-corrected chi connectivity index (χ0v) is 13.1. The van der Waals surface area contributed by atoms with Crippen molar-refractivity contribution in [2.24, 2.45) is 0 Å². The van der Waals surface area contributed by atoms with Crippen LogP contribution < -0.4 is 5.32 Å². The Labute approximate surface area is 132 Å². The van der Waals surface area contributed by atoms with Crippen LogP contribution in [0.4, 0.5) is 0 Å². The van der Waals surface area contributed by atoms with Gasteiger partial charge in [0.1, 0.15) is 5.75 Å². The van der Waals surface area contributed by atoms with E-state index < -0.39 is 0 Å². The molecule has 0 fully saturated rings. The summed E-state index contributed by atoms with van der Waals surface area (Å²) in [5.41, 5.74) is 5.08. The highest BCUT2D eigenvalue weighted by Gasteiger charge is 2.19. The van der Waals surface area contributed by atoms with E-state index in [0.29, 0.717) is 11.7 Å². The van der Waals surface area contributed by atoms with E-state index in [9.17, 15) is 5.11 Å². The van der Waals surface area contributed by atoms with Gasteiger partial charge in [-0.3, -0.25) is 0 Å². The molecule has 1 atom stereocenters. The third-order valence-corrected chi connectivity index (χ3v) is 4.20. The summed E-state index contributed by atoms with van der Waals surface area (Å²) >= 11 is 0. The quantitative estimate of drug-likeness (QED) is 0.887. The first-order valence-corrected chi connectivity index (χ1v) is 7.34. The predicted molar refractivity (Wildman–Crippen MR) is 89.6 cm³/mol. The molecule has 2 N–H and O–H groups in total. The minimum absolute atomic E-state index is 0. The van der Waals surface area contributed by atoms with E-state index in [1.54, 1.807) is 0 Å². The first-order chi connectivity index (χ1) is 9.75. The molecule has 0 saturated heterocycles. The summed E-state index contributed by atoms with van der Waals surface area (Å²) in [5, 5.41) is 13.8. The van der Waals surface area contributed by atoms with Crippen LogP contribution in [0.15, 0.2) is 42.5 Å². The topological polar surface area (TPSA) is 32.3 Å². The van der Waals surface area contributed by atoms with Crippen LogP contribution in [0.3, 0.4) is 0 Å². The number of hydrogen-bond donors (Lipinski definition) is 2. The fourth-order valence-electron chi connectivity index (χ4n) is 3.09. The number of halogens is 1.